The van der Waals surface area contributed by atoms with Gasteiger partial charge in [0.2, 0.25) is 0 Å². The number of hydrogen-bond donors (Lipinski definition) is 2. The summed E-state index contributed by atoms with van der Waals surface area (Å²) in [5.74, 6) is 2.28. The maximum absolute atomic E-state index is 13.6. The first-order valence-electron chi connectivity index (χ1n) is 13.4. The van der Waals surface area contributed by atoms with E-state index in [-0.39, 0.29) is 41.3 Å². The van der Waals surface area contributed by atoms with Crippen LogP contribution in [-0.2, 0) is 6.42 Å². The minimum absolute atomic E-state index is 0.0562. The average molecular weight is 580 g/mol. The summed E-state index contributed by atoms with van der Waals surface area (Å²) in [5, 5.41) is 20.8. The maximum atomic E-state index is 13.6. The van der Waals surface area contributed by atoms with Gasteiger partial charge in [-0.05, 0) is 53.9 Å². The van der Waals surface area contributed by atoms with Gasteiger partial charge < -0.3 is 10.5 Å². The molecule has 3 aromatic carbocycles. The Bertz CT molecular complexity index is 1390. The van der Waals surface area contributed by atoms with Crippen molar-refractivity contribution in [1.29, 1.82) is 0 Å². The van der Waals surface area contributed by atoms with E-state index in [2.05, 4.69) is 21.8 Å². The summed E-state index contributed by atoms with van der Waals surface area (Å²) in [4.78, 5) is 26.4. The van der Waals surface area contributed by atoms with E-state index in [1.165, 1.54) is 30.3 Å². The number of rotatable bonds is 10. The quantitative estimate of drug-likeness (QED) is 0.120. The molecule has 2 amide bonds. The molecule has 3 N–H and O–H groups in total. The Morgan fingerprint density at radius 1 is 1.02 bits per heavy atom. The van der Waals surface area contributed by atoms with Crippen LogP contribution in [0, 0.1) is 33.7 Å². The molecule has 0 spiro atoms. The van der Waals surface area contributed by atoms with Gasteiger partial charge in [0.05, 0.1) is 17.0 Å². The standard InChI is InChI=1S/C30H31F2N5O5/c31-25-9-4-23(5-10-25)29(24-6-11-26(32)12-7-24)35-17-15-34(16-18-35)19-20-42-27-13-8-22(28(21-27)37(40)41)3-1-2-14-36(39)30(33)38/h4-13,21,29,39H,1,3,15-20H2,(H2,33,38). The largest absolute Gasteiger partial charge is 0.492 e. The molecule has 0 aromatic heterocycles. The number of amides is 2. The zero-order valence-corrected chi connectivity index (χ0v) is 22.8. The SMILES string of the molecule is NC(=O)N(O)C#CCCc1ccc(OCCN2CCN(C(c3ccc(F)cc3)c3ccc(F)cc3)CC2)cc1[N+](=O)[O-]. The van der Waals surface area contributed by atoms with E-state index in [0.29, 0.717) is 24.5 Å². The normalized spacial score (nSPS) is 13.8. The third-order valence-corrected chi connectivity index (χ3v) is 6.99. The zero-order chi connectivity index (χ0) is 30.1. The number of hydroxylamine groups is 2. The number of nitro benzene ring substituents is 1. The number of carbonyl (C=O) groups excluding carboxylic acids is 1. The molecule has 220 valence electrons. The highest BCUT2D eigenvalue weighted by Gasteiger charge is 2.26. The molecule has 0 unspecified atom stereocenters. The van der Waals surface area contributed by atoms with Crippen molar-refractivity contribution in [1.82, 2.24) is 14.9 Å². The molecule has 0 saturated carbocycles. The Labute approximate surface area is 242 Å². The second-order valence-electron chi connectivity index (χ2n) is 9.72. The average Bonchev–Trinajstić information content (AvgIpc) is 2.98. The molecule has 1 saturated heterocycles. The Balaban J connectivity index is 1.31. The minimum Gasteiger partial charge on any atom is -0.492 e. The van der Waals surface area contributed by atoms with Gasteiger partial charge in [0.25, 0.3) is 5.69 Å². The number of ether oxygens (including phenoxy) is 1. The molecule has 0 aliphatic carbocycles. The monoisotopic (exact) mass is 579 g/mol. The van der Waals surface area contributed by atoms with E-state index in [1.54, 1.807) is 36.4 Å². The van der Waals surface area contributed by atoms with E-state index >= 15 is 0 Å². The molecule has 1 aliphatic heterocycles. The summed E-state index contributed by atoms with van der Waals surface area (Å²) in [6.07, 6.45) is 0.401. The molecular formula is C30H31F2N5O5. The van der Waals surface area contributed by atoms with Crippen LogP contribution in [0.4, 0.5) is 19.3 Å². The van der Waals surface area contributed by atoms with Gasteiger partial charge in [0.15, 0.2) is 0 Å². The lowest BCUT2D eigenvalue weighted by Gasteiger charge is -2.39. The summed E-state index contributed by atoms with van der Waals surface area (Å²) < 4.78 is 33.0. The van der Waals surface area contributed by atoms with Gasteiger partial charge >= 0.3 is 6.03 Å². The fraction of sp³-hybridized carbons (Fsp3) is 0.300. The predicted molar refractivity (Wildman–Crippen MR) is 151 cm³/mol. The highest BCUT2D eigenvalue weighted by Crippen LogP contribution is 2.30. The molecule has 0 atom stereocenters. The molecule has 0 bridgehead atoms. The van der Waals surface area contributed by atoms with Crippen LogP contribution in [0.15, 0.2) is 66.7 Å². The summed E-state index contributed by atoms with van der Waals surface area (Å²) in [6.45, 7) is 3.92. The molecule has 42 heavy (non-hydrogen) atoms. The molecular weight excluding hydrogens is 548 g/mol. The number of benzene rings is 3. The van der Waals surface area contributed by atoms with Gasteiger partial charge in [0, 0.05) is 50.8 Å². The van der Waals surface area contributed by atoms with Crippen LogP contribution in [0.2, 0.25) is 0 Å². The van der Waals surface area contributed by atoms with E-state index in [4.69, 9.17) is 15.7 Å². The smallest absolute Gasteiger partial charge is 0.351 e. The molecule has 10 nitrogen and oxygen atoms in total. The van der Waals surface area contributed by atoms with Crippen molar-refractivity contribution in [3.63, 3.8) is 0 Å². The van der Waals surface area contributed by atoms with Crippen molar-refractivity contribution >= 4 is 11.7 Å². The Hall–Kier alpha value is -4.57. The van der Waals surface area contributed by atoms with Gasteiger partial charge in [-0.1, -0.05) is 30.2 Å². The van der Waals surface area contributed by atoms with Crippen LogP contribution < -0.4 is 10.5 Å². The summed E-state index contributed by atoms with van der Waals surface area (Å²) in [5.41, 5.74) is 7.07. The first-order valence-corrected chi connectivity index (χ1v) is 13.4. The van der Waals surface area contributed by atoms with Crippen molar-refractivity contribution in [2.75, 3.05) is 39.3 Å². The van der Waals surface area contributed by atoms with Gasteiger partial charge in [-0.25, -0.2) is 13.6 Å². The second-order valence-corrected chi connectivity index (χ2v) is 9.72. The Morgan fingerprint density at radius 3 is 2.17 bits per heavy atom. The number of piperazine rings is 1. The number of nitrogens with zero attached hydrogens (tertiary/aromatic N) is 4. The van der Waals surface area contributed by atoms with Gasteiger partial charge in [0.1, 0.15) is 24.0 Å². The third-order valence-electron chi connectivity index (χ3n) is 6.99. The molecule has 3 aromatic rings. The molecule has 1 heterocycles. The fourth-order valence-corrected chi connectivity index (χ4v) is 4.84. The zero-order valence-electron chi connectivity index (χ0n) is 22.8. The van der Waals surface area contributed by atoms with Crippen LogP contribution in [0.25, 0.3) is 0 Å². The predicted octanol–water partition coefficient (Wildman–Crippen LogP) is 4.32. The number of nitro groups is 1. The number of halogens is 2. The first kappa shape index (κ1) is 30.4. The number of carbonyl (C=O) groups is 1. The lowest BCUT2D eigenvalue weighted by Crippen LogP contribution is -2.48. The highest BCUT2D eigenvalue weighted by molar-refractivity contribution is 5.72. The summed E-state index contributed by atoms with van der Waals surface area (Å²) >= 11 is 0. The van der Waals surface area contributed by atoms with Crippen LogP contribution in [0.5, 0.6) is 5.75 Å². The summed E-state index contributed by atoms with van der Waals surface area (Å²) in [7, 11) is 0. The number of nitrogens with two attached hydrogens (primary N) is 1. The molecule has 0 radical (unpaired) electrons. The van der Waals surface area contributed by atoms with Crippen molar-refractivity contribution in [2.24, 2.45) is 5.73 Å². The van der Waals surface area contributed by atoms with Gasteiger partial charge in [-0.15, -0.1) is 5.06 Å². The van der Waals surface area contributed by atoms with Crippen LogP contribution >= 0.6 is 0 Å². The number of primary amides is 1. The van der Waals surface area contributed by atoms with Crippen molar-refractivity contribution in [2.45, 2.75) is 18.9 Å². The molecule has 4 rings (SSSR count). The Kier molecular flexibility index (Phi) is 10.4. The van der Waals surface area contributed by atoms with Gasteiger partial charge in [-0.3, -0.25) is 25.1 Å². The first-order chi connectivity index (χ1) is 20.2. The van der Waals surface area contributed by atoms with Crippen LogP contribution in [0.1, 0.15) is 29.2 Å². The van der Waals surface area contributed by atoms with Crippen molar-refractivity contribution in [3.05, 3.63) is 105 Å². The Morgan fingerprint density at radius 2 is 1.62 bits per heavy atom. The summed E-state index contributed by atoms with van der Waals surface area (Å²) in [6, 6.07) is 18.3. The topological polar surface area (TPSA) is 125 Å². The lowest BCUT2D eigenvalue weighted by atomic mass is 9.96. The van der Waals surface area contributed by atoms with E-state index in [0.717, 1.165) is 37.3 Å². The number of aryl methyl sites for hydroxylation is 1. The number of urea groups is 1. The van der Waals surface area contributed by atoms with Crippen molar-refractivity contribution in [3.8, 4) is 17.7 Å². The number of hydrogen-bond acceptors (Lipinski definition) is 7. The van der Waals surface area contributed by atoms with E-state index in [9.17, 15) is 23.7 Å². The minimum atomic E-state index is -1.11. The van der Waals surface area contributed by atoms with Crippen LogP contribution in [0.3, 0.4) is 0 Å². The lowest BCUT2D eigenvalue weighted by molar-refractivity contribution is -0.385. The third kappa shape index (κ3) is 8.23. The van der Waals surface area contributed by atoms with Crippen LogP contribution in [-0.4, -0.2) is 70.4 Å². The highest BCUT2D eigenvalue weighted by atomic mass is 19.1. The van der Waals surface area contributed by atoms with E-state index < -0.39 is 11.0 Å². The molecule has 12 heteroatoms. The fourth-order valence-electron chi connectivity index (χ4n) is 4.84. The second kappa shape index (κ2) is 14.4. The maximum Gasteiger partial charge on any atom is 0.351 e. The van der Waals surface area contributed by atoms with E-state index in [1.807, 2.05) is 0 Å². The van der Waals surface area contributed by atoms with Gasteiger partial charge in [-0.2, -0.15) is 0 Å². The molecule has 1 aliphatic rings. The molecule has 1 fully saturated rings. The van der Waals surface area contributed by atoms with Crippen molar-refractivity contribution < 1.29 is 28.4 Å².